The molecule has 0 bridgehead atoms. The lowest BCUT2D eigenvalue weighted by Crippen LogP contribution is -2.15. The van der Waals surface area contributed by atoms with E-state index in [1.165, 1.54) is 11.1 Å². The van der Waals surface area contributed by atoms with Crippen LogP contribution in [0.4, 0.5) is 0 Å². The molecular formula is C16H33N. The van der Waals surface area contributed by atoms with Gasteiger partial charge in [0.1, 0.15) is 0 Å². The molecule has 1 heteroatoms. The second-order valence-corrected chi connectivity index (χ2v) is 3.09. The number of hydrogen-bond acceptors (Lipinski definition) is 1. The second kappa shape index (κ2) is 17.6. The molecule has 0 saturated heterocycles. The summed E-state index contributed by atoms with van der Waals surface area (Å²) < 4.78 is 0. The molecule has 0 radical (unpaired) electrons. The Labute approximate surface area is 110 Å². The van der Waals surface area contributed by atoms with Gasteiger partial charge in [0.2, 0.25) is 0 Å². The topological polar surface area (TPSA) is 12.0 Å². The largest absolute Gasteiger partial charge is 0.317 e. The molecule has 1 N–H and O–H groups in total. The third kappa shape index (κ3) is 13.1. The molecule has 0 unspecified atom stereocenters. The predicted molar refractivity (Wildman–Crippen MR) is 82.9 cm³/mol. The summed E-state index contributed by atoms with van der Waals surface area (Å²) in [5.74, 6) is 0. The fourth-order valence-corrected chi connectivity index (χ4v) is 1.16. The van der Waals surface area contributed by atoms with Crippen molar-refractivity contribution in [2.75, 3.05) is 13.1 Å². The molecule has 0 fully saturated rings. The number of aryl methyl sites for hydroxylation is 1. The number of nitrogens with one attached hydrogen (secondary N) is 1. The normalized spacial score (nSPS) is 7.88. The average Bonchev–Trinajstić information content (AvgIpc) is 2.37. The molecule has 0 spiro atoms. The summed E-state index contributed by atoms with van der Waals surface area (Å²) in [6.07, 6.45) is 1.13. The summed E-state index contributed by atoms with van der Waals surface area (Å²) in [5, 5.41) is 3.31. The molecule has 0 saturated carbocycles. The second-order valence-electron chi connectivity index (χ2n) is 3.09. The quantitative estimate of drug-likeness (QED) is 0.742. The van der Waals surface area contributed by atoms with Gasteiger partial charge < -0.3 is 5.32 Å². The van der Waals surface area contributed by atoms with Gasteiger partial charge in [-0.05, 0) is 32.0 Å². The van der Waals surface area contributed by atoms with Crippen LogP contribution in [-0.2, 0) is 6.42 Å². The third-order valence-electron chi connectivity index (χ3n) is 1.96. The number of benzene rings is 1. The first-order valence-corrected chi connectivity index (χ1v) is 6.59. The van der Waals surface area contributed by atoms with Gasteiger partial charge in [0.25, 0.3) is 0 Å². The minimum absolute atomic E-state index is 0. The molecular weight excluding hydrogens is 206 g/mol. The maximum Gasteiger partial charge on any atom is -0.000847 e. The molecule has 0 heterocycles. The smallest absolute Gasteiger partial charge is 0.000847 e. The van der Waals surface area contributed by atoms with Crippen molar-refractivity contribution in [1.29, 1.82) is 0 Å². The maximum absolute atomic E-state index is 3.31. The van der Waals surface area contributed by atoms with Gasteiger partial charge in [-0.1, -0.05) is 71.9 Å². The van der Waals surface area contributed by atoms with Crippen molar-refractivity contribution in [2.24, 2.45) is 0 Å². The van der Waals surface area contributed by atoms with E-state index in [2.05, 4.69) is 43.4 Å². The average molecular weight is 239 g/mol. The molecule has 0 aromatic heterocycles. The molecule has 0 aliphatic rings. The van der Waals surface area contributed by atoms with Crippen LogP contribution < -0.4 is 5.32 Å². The molecule has 1 rings (SSSR count). The molecule has 0 aliphatic heterocycles. The highest BCUT2D eigenvalue weighted by Gasteiger charge is 1.90. The van der Waals surface area contributed by atoms with Crippen LogP contribution in [0.25, 0.3) is 0 Å². The Morgan fingerprint density at radius 1 is 0.941 bits per heavy atom. The van der Waals surface area contributed by atoms with Gasteiger partial charge in [-0.2, -0.15) is 0 Å². The molecule has 0 atom stereocenters. The van der Waals surface area contributed by atoms with E-state index in [9.17, 15) is 0 Å². The van der Waals surface area contributed by atoms with Crippen LogP contribution in [-0.4, -0.2) is 13.1 Å². The minimum Gasteiger partial charge on any atom is -0.317 e. The summed E-state index contributed by atoms with van der Waals surface area (Å²) in [4.78, 5) is 0. The molecule has 1 nitrogen and oxygen atoms in total. The van der Waals surface area contributed by atoms with Crippen molar-refractivity contribution in [1.82, 2.24) is 5.32 Å². The zero-order valence-electron chi connectivity index (χ0n) is 11.9. The van der Waals surface area contributed by atoms with E-state index in [0.29, 0.717) is 0 Å². The fraction of sp³-hybridized carbons (Fsp3) is 0.625. The first-order valence-electron chi connectivity index (χ1n) is 6.59. The van der Waals surface area contributed by atoms with E-state index in [4.69, 9.17) is 0 Å². The fourth-order valence-electron chi connectivity index (χ4n) is 1.16. The molecule has 0 amide bonds. The van der Waals surface area contributed by atoms with Crippen LogP contribution in [0.15, 0.2) is 24.3 Å². The SMILES string of the molecule is C.CC.CC.CCNCCc1ccc(C)cc1. The Hall–Kier alpha value is -0.820. The Bertz CT molecular complexity index is 213. The van der Waals surface area contributed by atoms with Gasteiger partial charge >= 0.3 is 0 Å². The van der Waals surface area contributed by atoms with E-state index in [-0.39, 0.29) is 7.43 Å². The highest BCUT2D eigenvalue weighted by atomic mass is 14.8. The van der Waals surface area contributed by atoms with Crippen LogP contribution in [0.3, 0.4) is 0 Å². The summed E-state index contributed by atoms with van der Waals surface area (Å²) >= 11 is 0. The summed E-state index contributed by atoms with van der Waals surface area (Å²) in [6.45, 7) is 14.4. The molecule has 0 aliphatic carbocycles. The minimum atomic E-state index is 0. The van der Waals surface area contributed by atoms with Gasteiger partial charge in [0, 0.05) is 0 Å². The molecule has 102 valence electrons. The van der Waals surface area contributed by atoms with Gasteiger partial charge in [0.15, 0.2) is 0 Å². The summed E-state index contributed by atoms with van der Waals surface area (Å²) in [6, 6.07) is 8.74. The lowest BCUT2D eigenvalue weighted by atomic mass is 10.1. The monoisotopic (exact) mass is 239 g/mol. The predicted octanol–water partition coefficient (Wildman–Crippen LogP) is 4.84. The molecule has 1 aromatic rings. The zero-order valence-corrected chi connectivity index (χ0v) is 11.9. The Balaban J connectivity index is -0.000000355. The van der Waals surface area contributed by atoms with Gasteiger partial charge in [-0.3, -0.25) is 0 Å². The number of hydrogen-bond donors (Lipinski definition) is 1. The Kier molecular flexibility index (Phi) is 22.2. The first-order chi connectivity index (χ1) is 7.83. The van der Waals surface area contributed by atoms with Crippen LogP contribution in [0.1, 0.15) is 53.2 Å². The van der Waals surface area contributed by atoms with Crippen molar-refractivity contribution in [2.45, 2.75) is 55.4 Å². The van der Waals surface area contributed by atoms with Gasteiger partial charge in [-0.25, -0.2) is 0 Å². The Morgan fingerprint density at radius 3 is 1.82 bits per heavy atom. The maximum atomic E-state index is 3.31. The van der Waals surface area contributed by atoms with E-state index < -0.39 is 0 Å². The first kappa shape index (κ1) is 21.5. The summed E-state index contributed by atoms with van der Waals surface area (Å²) in [5.41, 5.74) is 2.75. The van der Waals surface area contributed by atoms with Crippen LogP contribution in [0.2, 0.25) is 0 Å². The number of rotatable bonds is 4. The van der Waals surface area contributed by atoms with E-state index in [1.807, 2.05) is 27.7 Å². The number of likely N-dealkylation sites (N-methyl/N-ethyl adjacent to an activating group) is 1. The van der Waals surface area contributed by atoms with Gasteiger partial charge in [0.05, 0.1) is 0 Å². The third-order valence-corrected chi connectivity index (χ3v) is 1.96. The van der Waals surface area contributed by atoms with Crippen LogP contribution in [0, 0.1) is 6.92 Å². The highest BCUT2D eigenvalue weighted by Crippen LogP contribution is 2.02. The molecule has 1 aromatic carbocycles. The van der Waals surface area contributed by atoms with Crippen molar-refractivity contribution in [3.05, 3.63) is 35.4 Å². The highest BCUT2D eigenvalue weighted by molar-refractivity contribution is 5.21. The zero-order chi connectivity index (χ0) is 12.8. The van der Waals surface area contributed by atoms with E-state index in [1.54, 1.807) is 0 Å². The van der Waals surface area contributed by atoms with E-state index in [0.717, 1.165) is 19.5 Å². The molecule has 17 heavy (non-hydrogen) atoms. The lowest BCUT2D eigenvalue weighted by molar-refractivity contribution is 0.716. The summed E-state index contributed by atoms with van der Waals surface area (Å²) in [7, 11) is 0. The van der Waals surface area contributed by atoms with Crippen molar-refractivity contribution >= 4 is 0 Å². The van der Waals surface area contributed by atoms with Crippen molar-refractivity contribution in [3.8, 4) is 0 Å². The van der Waals surface area contributed by atoms with Crippen LogP contribution >= 0.6 is 0 Å². The van der Waals surface area contributed by atoms with Crippen LogP contribution in [0.5, 0.6) is 0 Å². The van der Waals surface area contributed by atoms with Crippen molar-refractivity contribution in [3.63, 3.8) is 0 Å². The van der Waals surface area contributed by atoms with Crippen molar-refractivity contribution < 1.29 is 0 Å². The standard InChI is InChI=1S/C11H17N.2C2H6.CH4/c1-3-12-9-8-11-6-4-10(2)5-7-11;2*1-2;/h4-7,12H,3,8-9H2,1-2H3;2*1-2H3;1H4. The Morgan fingerprint density at radius 2 is 1.41 bits per heavy atom. The van der Waals surface area contributed by atoms with E-state index >= 15 is 0 Å². The lowest BCUT2D eigenvalue weighted by Gasteiger charge is -2.01. The van der Waals surface area contributed by atoms with Gasteiger partial charge in [-0.15, -0.1) is 0 Å².